The quantitative estimate of drug-likeness (QED) is 0.819. The van der Waals surface area contributed by atoms with Gasteiger partial charge in [-0.25, -0.2) is 9.69 Å². The molecule has 3 heterocycles. The van der Waals surface area contributed by atoms with Crippen molar-refractivity contribution in [1.82, 2.24) is 20.9 Å². The monoisotopic (exact) mass is 326 g/mol. The lowest BCUT2D eigenvalue weighted by Gasteiger charge is -2.23. The fourth-order valence-corrected chi connectivity index (χ4v) is 3.42. The van der Waals surface area contributed by atoms with E-state index in [-0.39, 0.29) is 12.1 Å². The molecule has 4 rings (SSSR count). The maximum atomic E-state index is 12.4. The van der Waals surface area contributed by atoms with Gasteiger partial charge in [0.2, 0.25) is 0 Å². The summed E-state index contributed by atoms with van der Waals surface area (Å²) in [4.78, 5) is 14.1. The molecule has 0 aromatic heterocycles. The second kappa shape index (κ2) is 6.57. The van der Waals surface area contributed by atoms with Crippen LogP contribution in [0.25, 0.3) is 0 Å². The Labute approximate surface area is 141 Å². The Kier molecular flexibility index (Phi) is 4.13. The van der Waals surface area contributed by atoms with Crippen molar-refractivity contribution < 1.29 is 9.53 Å². The minimum atomic E-state index is -0.300. The average molecular weight is 326 g/mol. The van der Waals surface area contributed by atoms with E-state index in [0.717, 1.165) is 42.9 Å². The van der Waals surface area contributed by atoms with Gasteiger partial charge in [0.05, 0.1) is 5.70 Å². The number of ether oxygens (including phenoxy) is 1. The first-order chi connectivity index (χ1) is 11.8. The number of rotatable bonds is 2. The van der Waals surface area contributed by atoms with Crippen LogP contribution in [0, 0.1) is 0 Å². The number of nitrogens with one attached hydrogen (secondary N) is 2. The van der Waals surface area contributed by atoms with E-state index < -0.39 is 0 Å². The Morgan fingerprint density at radius 1 is 1.12 bits per heavy atom. The number of fused-ring (bicyclic) bond motifs is 1. The maximum absolute atomic E-state index is 12.4. The molecule has 0 saturated carbocycles. The maximum Gasteiger partial charge on any atom is 0.416 e. The number of benzene rings is 1. The van der Waals surface area contributed by atoms with Gasteiger partial charge in [-0.1, -0.05) is 42.5 Å². The Morgan fingerprint density at radius 3 is 2.88 bits per heavy atom. The van der Waals surface area contributed by atoms with Crippen LogP contribution < -0.4 is 11.0 Å². The highest BCUT2D eigenvalue weighted by atomic mass is 16.6. The number of cyclic esters (lactones) is 1. The number of hydrazine groups is 2. The van der Waals surface area contributed by atoms with Crippen molar-refractivity contribution in [3.63, 3.8) is 0 Å². The predicted molar refractivity (Wildman–Crippen MR) is 90.0 cm³/mol. The zero-order valence-corrected chi connectivity index (χ0v) is 13.6. The fourth-order valence-electron chi connectivity index (χ4n) is 3.42. The summed E-state index contributed by atoms with van der Waals surface area (Å²) in [6.45, 7) is 1.30. The van der Waals surface area contributed by atoms with Crippen molar-refractivity contribution in [3.05, 3.63) is 59.6 Å². The van der Waals surface area contributed by atoms with Crippen LogP contribution in [0.1, 0.15) is 37.3 Å². The highest BCUT2D eigenvalue weighted by molar-refractivity contribution is 5.73. The summed E-state index contributed by atoms with van der Waals surface area (Å²) in [5.74, 6) is 0.804. The number of hydrogen-bond acceptors (Lipinski definition) is 5. The molecule has 0 spiro atoms. The first kappa shape index (κ1) is 15.1. The van der Waals surface area contributed by atoms with Gasteiger partial charge >= 0.3 is 6.09 Å². The summed E-state index contributed by atoms with van der Waals surface area (Å²) < 4.78 is 5.35. The van der Waals surface area contributed by atoms with Crippen molar-refractivity contribution >= 4 is 6.09 Å². The van der Waals surface area contributed by atoms with Crippen molar-refractivity contribution in [2.45, 2.75) is 31.7 Å². The van der Waals surface area contributed by atoms with Crippen molar-refractivity contribution in [3.8, 4) is 0 Å². The SMILES string of the molecule is O=C1OC[C@@H](c2ccccc2)N1C1=C2C/C=C\CCCCN2NN1. The summed E-state index contributed by atoms with van der Waals surface area (Å²) in [6.07, 6.45) is 8.30. The van der Waals surface area contributed by atoms with Crippen molar-refractivity contribution in [2.24, 2.45) is 0 Å². The molecule has 1 amide bonds. The highest BCUT2D eigenvalue weighted by Gasteiger charge is 2.40. The van der Waals surface area contributed by atoms with Gasteiger partial charge in [-0.15, -0.1) is 5.53 Å². The van der Waals surface area contributed by atoms with Gasteiger partial charge < -0.3 is 4.74 Å². The molecule has 126 valence electrons. The molecule has 0 bridgehead atoms. The number of allylic oxidation sites excluding steroid dienone is 2. The Morgan fingerprint density at radius 2 is 2.00 bits per heavy atom. The average Bonchev–Trinajstić information content (AvgIpc) is 3.19. The molecule has 0 radical (unpaired) electrons. The van der Waals surface area contributed by atoms with Gasteiger partial charge in [0.1, 0.15) is 18.5 Å². The van der Waals surface area contributed by atoms with E-state index in [1.165, 1.54) is 6.42 Å². The van der Waals surface area contributed by atoms with Crippen molar-refractivity contribution in [1.29, 1.82) is 0 Å². The van der Waals surface area contributed by atoms with E-state index in [1.807, 2.05) is 30.3 Å². The van der Waals surface area contributed by atoms with E-state index in [0.29, 0.717) is 6.61 Å². The van der Waals surface area contributed by atoms with Gasteiger partial charge in [-0.2, -0.15) is 0 Å². The standard InChI is InChI=1S/C18H22N4O2/c23-18-22(16(13-24-18)14-9-5-4-6-10-14)17-15-11-7-2-1-3-8-12-21(15)20-19-17/h2,4-7,9-10,16,19-20H,1,3,8,11-13H2/b7-2-/t16-/m0/s1. The lowest BCUT2D eigenvalue weighted by Crippen LogP contribution is -2.41. The Bertz CT molecular complexity index is 671. The lowest BCUT2D eigenvalue weighted by atomic mass is 10.1. The van der Waals surface area contributed by atoms with Crippen LogP contribution in [0.5, 0.6) is 0 Å². The first-order valence-corrected chi connectivity index (χ1v) is 8.53. The second-order valence-corrected chi connectivity index (χ2v) is 6.23. The fraction of sp³-hybridized carbons (Fsp3) is 0.389. The molecule has 1 saturated heterocycles. The molecule has 0 unspecified atom stereocenters. The molecule has 1 aromatic carbocycles. The summed E-state index contributed by atoms with van der Waals surface area (Å²) >= 11 is 0. The lowest BCUT2D eigenvalue weighted by molar-refractivity contribution is 0.162. The molecule has 2 N–H and O–H groups in total. The molecule has 1 fully saturated rings. The zero-order valence-electron chi connectivity index (χ0n) is 13.6. The molecule has 6 heteroatoms. The summed E-state index contributed by atoms with van der Waals surface area (Å²) in [5.41, 5.74) is 8.56. The third-order valence-electron chi connectivity index (χ3n) is 4.69. The number of carbonyl (C=O) groups excluding carboxylic acids is 1. The third kappa shape index (κ3) is 2.73. The number of amides is 1. The summed E-state index contributed by atoms with van der Waals surface area (Å²) in [6, 6.07) is 9.93. The van der Waals surface area contributed by atoms with Crippen LogP contribution >= 0.6 is 0 Å². The molecule has 3 aliphatic rings. The van der Waals surface area contributed by atoms with Crippen LogP contribution in [-0.2, 0) is 4.74 Å². The largest absolute Gasteiger partial charge is 0.447 e. The molecule has 1 aromatic rings. The molecule has 0 aliphatic carbocycles. The highest BCUT2D eigenvalue weighted by Crippen LogP contribution is 2.34. The van der Waals surface area contributed by atoms with Crippen LogP contribution in [0.15, 0.2) is 54.0 Å². The van der Waals surface area contributed by atoms with Crippen molar-refractivity contribution in [2.75, 3.05) is 13.2 Å². The molecule has 3 aliphatic heterocycles. The molecule has 1 atom stereocenters. The Hall–Kier alpha value is -2.47. The van der Waals surface area contributed by atoms with E-state index in [9.17, 15) is 4.79 Å². The minimum Gasteiger partial charge on any atom is -0.447 e. The first-order valence-electron chi connectivity index (χ1n) is 8.53. The van der Waals surface area contributed by atoms with E-state index in [2.05, 4.69) is 28.1 Å². The minimum absolute atomic E-state index is 0.105. The zero-order chi connectivity index (χ0) is 16.4. The number of hydrogen-bond donors (Lipinski definition) is 2. The van der Waals surface area contributed by atoms with E-state index in [4.69, 9.17) is 4.74 Å². The normalized spacial score (nSPS) is 25.5. The van der Waals surface area contributed by atoms with E-state index in [1.54, 1.807) is 4.90 Å². The molecule has 6 nitrogen and oxygen atoms in total. The van der Waals surface area contributed by atoms with Crippen LogP contribution in [0.4, 0.5) is 4.79 Å². The third-order valence-corrected chi connectivity index (χ3v) is 4.69. The van der Waals surface area contributed by atoms with Crippen LogP contribution in [-0.4, -0.2) is 29.2 Å². The van der Waals surface area contributed by atoms with Gasteiger partial charge in [0.25, 0.3) is 0 Å². The topological polar surface area (TPSA) is 56.8 Å². The van der Waals surface area contributed by atoms with Gasteiger partial charge in [-0.3, -0.25) is 10.4 Å². The Balaban J connectivity index is 1.69. The van der Waals surface area contributed by atoms with Crippen LogP contribution in [0.3, 0.4) is 0 Å². The number of nitrogens with zero attached hydrogens (tertiary/aromatic N) is 2. The molecular formula is C18H22N4O2. The van der Waals surface area contributed by atoms with Gasteiger partial charge in [-0.05, 0) is 24.8 Å². The molecule has 24 heavy (non-hydrogen) atoms. The molecular weight excluding hydrogens is 304 g/mol. The smallest absolute Gasteiger partial charge is 0.416 e. The summed E-state index contributed by atoms with van der Waals surface area (Å²) in [5, 5.41) is 2.11. The van der Waals surface area contributed by atoms with Crippen LogP contribution in [0.2, 0.25) is 0 Å². The van der Waals surface area contributed by atoms with Gasteiger partial charge in [0, 0.05) is 13.0 Å². The predicted octanol–water partition coefficient (Wildman–Crippen LogP) is 2.80. The van der Waals surface area contributed by atoms with Gasteiger partial charge in [0.15, 0.2) is 0 Å². The second-order valence-electron chi connectivity index (χ2n) is 6.23. The number of carbonyl (C=O) groups is 1. The van der Waals surface area contributed by atoms with E-state index >= 15 is 0 Å². The summed E-state index contributed by atoms with van der Waals surface area (Å²) in [7, 11) is 0.